The van der Waals surface area contributed by atoms with Gasteiger partial charge in [-0.25, -0.2) is 4.79 Å². The van der Waals surface area contributed by atoms with Crippen molar-refractivity contribution >= 4 is 11.9 Å². The molecule has 6 rings (SSSR count). The summed E-state index contributed by atoms with van der Waals surface area (Å²) in [7, 11) is 0. The second kappa shape index (κ2) is 9.01. The molecule has 3 aliphatic rings. The predicted octanol–water partition coefficient (Wildman–Crippen LogP) is 6.48. The van der Waals surface area contributed by atoms with Crippen LogP contribution in [0.1, 0.15) is 58.8 Å². The molecule has 0 radical (unpaired) electrons. The molecule has 2 saturated heterocycles. The minimum Gasteiger partial charge on any atom is -0.448 e. The first-order chi connectivity index (χ1) is 17.8. The van der Waals surface area contributed by atoms with E-state index in [1.807, 2.05) is 24.3 Å². The number of benzene rings is 2. The van der Waals surface area contributed by atoms with Gasteiger partial charge in [-0.15, -0.1) is 0 Å². The van der Waals surface area contributed by atoms with Crippen LogP contribution in [0.15, 0.2) is 66.9 Å². The van der Waals surface area contributed by atoms with Crippen LogP contribution >= 0.6 is 0 Å². The monoisotopic (exact) mass is 506 g/mol. The third-order valence-corrected chi connectivity index (χ3v) is 7.99. The predicted molar refractivity (Wildman–Crippen MR) is 130 cm³/mol. The molecule has 2 aromatic carbocycles. The van der Waals surface area contributed by atoms with Gasteiger partial charge in [0.15, 0.2) is 5.78 Å². The molecule has 2 unspecified atom stereocenters. The summed E-state index contributed by atoms with van der Waals surface area (Å²) in [6.07, 6.45) is -1.61. The van der Waals surface area contributed by atoms with Gasteiger partial charge < -0.3 is 9.64 Å². The minimum atomic E-state index is -4.54. The van der Waals surface area contributed by atoms with Crippen LogP contribution in [0.3, 0.4) is 0 Å². The number of piperidine rings is 1. The number of halogens is 3. The SMILES string of the molecule is O=C(c1cc(C(F)(F)F)ccn1)C1CC2CCC(C1)N2C(=O)OCC1c2ccccc2-c2ccccc21. The minimum absolute atomic E-state index is 0.0416. The lowest BCUT2D eigenvalue weighted by Gasteiger charge is -2.37. The average Bonchev–Trinajstić information content (AvgIpc) is 3.37. The topological polar surface area (TPSA) is 59.5 Å². The number of fused-ring (bicyclic) bond motifs is 5. The van der Waals surface area contributed by atoms with Crippen molar-refractivity contribution in [3.63, 3.8) is 0 Å². The second-order valence-electron chi connectivity index (χ2n) is 10.1. The number of ketones is 1. The Morgan fingerprint density at radius 3 is 2.11 bits per heavy atom. The maximum atomic E-state index is 13.2. The maximum Gasteiger partial charge on any atom is 0.416 e. The zero-order chi connectivity index (χ0) is 25.7. The summed E-state index contributed by atoms with van der Waals surface area (Å²) < 4.78 is 45.2. The number of ether oxygens (including phenoxy) is 1. The molecule has 0 spiro atoms. The molecule has 2 bridgehead atoms. The highest BCUT2D eigenvalue weighted by atomic mass is 19.4. The van der Waals surface area contributed by atoms with Gasteiger partial charge in [0, 0.05) is 30.1 Å². The van der Waals surface area contributed by atoms with E-state index in [-0.39, 0.29) is 30.3 Å². The zero-order valence-corrected chi connectivity index (χ0v) is 19.9. The summed E-state index contributed by atoms with van der Waals surface area (Å²) in [5.74, 6) is -0.901. The number of carbonyl (C=O) groups excluding carboxylic acids is 2. The number of pyridine rings is 1. The van der Waals surface area contributed by atoms with Gasteiger partial charge in [-0.1, -0.05) is 48.5 Å². The Morgan fingerprint density at radius 1 is 0.919 bits per heavy atom. The molecule has 3 aromatic rings. The Kier molecular flexibility index (Phi) is 5.77. The largest absolute Gasteiger partial charge is 0.448 e. The summed E-state index contributed by atoms with van der Waals surface area (Å²) >= 11 is 0. The van der Waals surface area contributed by atoms with Crippen molar-refractivity contribution < 1.29 is 27.5 Å². The quantitative estimate of drug-likeness (QED) is 0.380. The zero-order valence-electron chi connectivity index (χ0n) is 19.9. The van der Waals surface area contributed by atoms with E-state index >= 15 is 0 Å². The van der Waals surface area contributed by atoms with E-state index in [0.717, 1.165) is 53.4 Å². The average molecular weight is 507 g/mol. The third-order valence-electron chi connectivity index (χ3n) is 7.99. The molecular weight excluding hydrogens is 481 g/mol. The fourth-order valence-electron chi connectivity index (χ4n) is 6.31. The van der Waals surface area contributed by atoms with Gasteiger partial charge in [-0.3, -0.25) is 9.78 Å². The van der Waals surface area contributed by atoms with Gasteiger partial charge in [-0.05, 0) is 60.1 Å². The molecule has 0 saturated carbocycles. The molecule has 2 fully saturated rings. The number of hydrogen-bond acceptors (Lipinski definition) is 4. The molecule has 1 amide bonds. The number of carbonyl (C=O) groups is 2. The lowest BCUT2D eigenvalue weighted by molar-refractivity contribution is -0.137. The molecule has 3 heterocycles. The molecular formula is C29H25F3N2O3. The highest BCUT2D eigenvalue weighted by Gasteiger charge is 2.46. The lowest BCUT2D eigenvalue weighted by atomic mass is 9.86. The Morgan fingerprint density at radius 2 is 1.51 bits per heavy atom. The van der Waals surface area contributed by atoms with Crippen LogP contribution in [0.2, 0.25) is 0 Å². The standard InChI is InChI=1S/C29H25F3N2O3/c30-29(31,32)18-11-12-33-26(15-18)27(35)17-13-19-9-10-20(14-17)34(19)28(36)37-16-25-23-7-3-1-5-21(23)22-6-2-4-8-24(22)25/h1-8,11-12,15,17,19-20,25H,9-10,13-14,16H2. The fourth-order valence-corrected chi connectivity index (χ4v) is 6.31. The first kappa shape index (κ1) is 23.7. The molecule has 8 heteroatoms. The van der Waals surface area contributed by atoms with E-state index in [1.165, 1.54) is 0 Å². The van der Waals surface area contributed by atoms with Crippen LogP contribution in [0.4, 0.5) is 18.0 Å². The number of aromatic nitrogens is 1. The third kappa shape index (κ3) is 4.18. The van der Waals surface area contributed by atoms with E-state index in [1.54, 1.807) is 4.90 Å². The van der Waals surface area contributed by atoms with Crippen molar-refractivity contribution in [2.45, 2.75) is 49.9 Å². The fraction of sp³-hybridized carbons (Fsp3) is 0.345. The van der Waals surface area contributed by atoms with Crippen molar-refractivity contribution in [1.82, 2.24) is 9.88 Å². The van der Waals surface area contributed by atoms with Crippen molar-refractivity contribution in [1.29, 1.82) is 0 Å². The Balaban J connectivity index is 1.14. The molecule has 1 aromatic heterocycles. The van der Waals surface area contributed by atoms with E-state index in [0.29, 0.717) is 12.8 Å². The Hall–Kier alpha value is -3.68. The molecule has 2 atom stereocenters. The van der Waals surface area contributed by atoms with Crippen LogP contribution in [-0.2, 0) is 10.9 Å². The summed E-state index contributed by atoms with van der Waals surface area (Å²) in [4.78, 5) is 31.9. The summed E-state index contributed by atoms with van der Waals surface area (Å²) in [6, 6.07) is 17.6. The Labute approximate surface area is 212 Å². The number of alkyl halides is 3. The van der Waals surface area contributed by atoms with Crippen LogP contribution < -0.4 is 0 Å². The van der Waals surface area contributed by atoms with Gasteiger partial charge in [-0.2, -0.15) is 13.2 Å². The van der Waals surface area contributed by atoms with Crippen molar-refractivity contribution in [2.24, 2.45) is 5.92 Å². The van der Waals surface area contributed by atoms with Gasteiger partial charge in [0.2, 0.25) is 0 Å². The summed E-state index contributed by atoms with van der Waals surface area (Å²) in [6.45, 7) is 0.222. The smallest absolute Gasteiger partial charge is 0.416 e. The molecule has 0 N–H and O–H groups in total. The van der Waals surface area contributed by atoms with Crippen LogP contribution in [0.25, 0.3) is 11.1 Å². The summed E-state index contributed by atoms with van der Waals surface area (Å²) in [5, 5.41) is 0. The molecule has 2 aliphatic heterocycles. The van der Waals surface area contributed by atoms with Gasteiger partial charge >= 0.3 is 12.3 Å². The number of amides is 1. The van der Waals surface area contributed by atoms with Gasteiger partial charge in [0.05, 0.1) is 5.56 Å². The van der Waals surface area contributed by atoms with E-state index < -0.39 is 29.5 Å². The first-order valence-corrected chi connectivity index (χ1v) is 12.5. The highest BCUT2D eigenvalue weighted by molar-refractivity contribution is 5.96. The van der Waals surface area contributed by atoms with Gasteiger partial charge in [0.25, 0.3) is 0 Å². The number of Topliss-reactive ketones (excluding diaryl/α,β-unsaturated/α-hetero) is 1. The van der Waals surface area contributed by atoms with E-state index in [4.69, 9.17) is 4.74 Å². The lowest BCUT2D eigenvalue weighted by Crippen LogP contribution is -2.48. The second-order valence-corrected chi connectivity index (χ2v) is 10.1. The van der Waals surface area contributed by atoms with E-state index in [2.05, 4.69) is 29.2 Å². The van der Waals surface area contributed by atoms with Crippen LogP contribution in [0, 0.1) is 5.92 Å². The highest BCUT2D eigenvalue weighted by Crippen LogP contribution is 2.45. The molecule has 37 heavy (non-hydrogen) atoms. The Bertz CT molecular complexity index is 1310. The number of hydrogen-bond donors (Lipinski definition) is 0. The van der Waals surface area contributed by atoms with E-state index in [9.17, 15) is 22.8 Å². The molecule has 190 valence electrons. The van der Waals surface area contributed by atoms with Crippen molar-refractivity contribution in [3.05, 3.63) is 89.2 Å². The summed E-state index contributed by atoms with van der Waals surface area (Å²) in [5.41, 5.74) is 3.52. The van der Waals surface area contributed by atoms with Gasteiger partial charge in [0.1, 0.15) is 12.3 Å². The van der Waals surface area contributed by atoms with Crippen molar-refractivity contribution in [3.8, 4) is 11.1 Å². The van der Waals surface area contributed by atoms with Crippen LogP contribution in [0.5, 0.6) is 0 Å². The molecule has 5 nitrogen and oxygen atoms in total. The van der Waals surface area contributed by atoms with Crippen LogP contribution in [-0.4, -0.2) is 40.5 Å². The number of rotatable bonds is 4. The molecule has 1 aliphatic carbocycles. The van der Waals surface area contributed by atoms with Crippen molar-refractivity contribution in [2.75, 3.05) is 6.61 Å². The normalized spacial score (nSPS) is 22.5. The maximum absolute atomic E-state index is 13.2. The number of nitrogens with zero attached hydrogens (tertiary/aromatic N) is 2. The first-order valence-electron chi connectivity index (χ1n) is 12.5.